The third kappa shape index (κ3) is 8.37. The molecule has 0 saturated carbocycles. The summed E-state index contributed by atoms with van der Waals surface area (Å²) in [5, 5.41) is -0.615. The van der Waals surface area contributed by atoms with E-state index in [1.165, 1.54) is 23.9 Å². The fourth-order valence-corrected chi connectivity index (χ4v) is 6.61. The first-order valence-electron chi connectivity index (χ1n) is 14.2. The summed E-state index contributed by atoms with van der Waals surface area (Å²) >= 11 is 7.25. The molecule has 14 heteroatoms. The number of carbonyl (C=O) groups excluding carboxylic acids is 1. The molecule has 45 heavy (non-hydrogen) atoms. The minimum absolute atomic E-state index is 0.101. The van der Waals surface area contributed by atoms with Gasteiger partial charge in [0.05, 0.1) is 27.5 Å². The van der Waals surface area contributed by atoms with E-state index in [9.17, 15) is 31.1 Å². The van der Waals surface area contributed by atoms with E-state index in [4.69, 9.17) is 21.1 Å². The minimum Gasteiger partial charge on any atom is -0.480 e. The van der Waals surface area contributed by atoms with Crippen molar-refractivity contribution in [2.75, 3.05) is 63.9 Å². The number of nitrogens with zero attached hydrogens (tertiary/aromatic N) is 3. The van der Waals surface area contributed by atoms with Gasteiger partial charge >= 0.3 is 18.3 Å². The molecule has 5 rings (SSSR count). The number of hydrogen-bond donors (Lipinski definition) is 0. The fourth-order valence-electron chi connectivity index (χ4n) is 5.24. The van der Waals surface area contributed by atoms with Crippen LogP contribution in [0.1, 0.15) is 17.5 Å². The lowest BCUT2D eigenvalue weighted by Crippen LogP contribution is -2.47. The summed E-state index contributed by atoms with van der Waals surface area (Å²) in [4.78, 5) is 20.3. The summed E-state index contributed by atoms with van der Waals surface area (Å²) in [5.41, 5.74) is -0.246. The maximum atomic E-state index is 13.5. The maximum absolute atomic E-state index is 13.5. The monoisotopic (exact) mass is 673 g/mol. The van der Waals surface area contributed by atoms with Crippen LogP contribution in [0.3, 0.4) is 0 Å². The topological polar surface area (TPSA) is 45.3 Å². The number of halogens is 7. The molecule has 2 aliphatic rings. The number of anilines is 2. The van der Waals surface area contributed by atoms with Gasteiger partial charge in [-0.05, 0) is 55.4 Å². The Bertz CT molecular complexity index is 1500. The second-order valence-electron chi connectivity index (χ2n) is 10.6. The van der Waals surface area contributed by atoms with Crippen molar-refractivity contribution in [3.63, 3.8) is 0 Å². The Morgan fingerprint density at radius 1 is 0.800 bits per heavy atom. The standard InChI is InChI=1S/C31H30ClF6N3O3S/c32-29-22(31(36,37)38)5-3-7-25(29)44-20-28(42)43-18-17-40-15-13-39(14-16-40)11-4-12-41-23-6-1-2-8-26(23)45-27-10-9-21(19-24(27)41)30(33,34)35/h1-3,5-10,19H,4,11-18,20H2. The highest BCUT2D eigenvalue weighted by molar-refractivity contribution is 7.99. The Morgan fingerprint density at radius 3 is 2.20 bits per heavy atom. The van der Waals surface area contributed by atoms with Crippen LogP contribution in [0.2, 0.25) is 5.02 Å². The number of piperazine rings is 1. The third-order valence-electron chi connectivity index (χ3n) is 7.56. The van der Waals surface area contributed by atoms with Crippen molar-refractivity contribution < 1.29 is 40.6 Å². The molecule has 0 aliphatic carbocycles. The van der Waals surface area contributed by atoms with Crippen molar-refractivity contribution in [3.8, 4) is 5.75 Å². The molecule has 0 N–H and O–H groups in total. The molecular weight excluding hydrogens is 644 g/mol. The molecule has 0 spiro atoms. The number of ether oxygens (including phenoxy) is 2. The van der Waals surface area contributed by atoms with E-state index in [0.717, 1.165) is 72.8 Å². The lowest BCUT2D eigenvalue weighted by molar-refractivity contribution is -0.146. The number of benzene rings is 3. The van der Waals surface area contributed by atoms with Crippen molar-refractivity contribution in [2.45, 2.75) is 28.6 Å². The molecule has 6 nitrogen and oxygen atoms in total. The summed E-state index contributed by atoms with van der Waals surface area (Å²) in [5.74, 6) is -0.970. The van der Waals surface area contributed by atoms with E-state index in [0.29, 0.717) is 18.8 Å². The molecular formula is C31H30ClF6N3O3S. The van der Waals surface area contributed by atoms with Gasteiger partial charge in [0.1, 0.15) is 12.4 Å². The number of para-hydroxylation sites is 1. The Hall–Kier alpha value is -3.13. The average molecular weight is 674 g/mol. The minimum atomic E-state index is -4.64. The molecule has 0 atom stereocenters. The lowest BCUT2D eigenvalue weighted by Gasteiger charge is -2.36. The van der Waals surface area contributed by atoms with Crippen molar-refractivity contribution >= 4 is 40.7 Å². The van der Waals surface area contributed by atoms with E-state index in [1.54, 1.807) is 6.07 Å². The largest absolute Gasteiger partial charge is 0.480 e. The van der Waals surface area contributed by atoms with Crippen LogP contribution in [0.15, 0.2) is 70.5 Å². The summed E-state index contributed by atoms with van der Waals surface area (Å²) in [6.45, 7) is 4.42. The Labute approximate surface area is 265 Å². The predicted octanol–water partition coefficient (Wildman–Crippen LogP) is 7.61. The highest BCUT2D eigenvalue weighted by Gasteiger charge is 2.35. The zero-order chi connectivity index (χ0) is 32.2. The molecule has 1 saturated heterocycles. The SMILES string of the molecule is O=C(COc1cccc(C(F)(F)F)c1Cl)OCCN1CCN(CCCN2c3ccccc3Sc3ccc(C(F)(F)F)cc32)CC1. The first kappa shape index (κ1) is 33.2. The summed E-state index contributed by atoms with van der Waals surface area (Å²) in [7, 11) is 0. The number of fused-ring (bicyclic) bond motifs is 2. The number of carbonyl (C=O) groups is 1. The van der Waals surface area contributed by atoms with Gasteiger partial charge in [-0.1, -0.05) is 41.6 Å². The Morgan fingerprint density at radius 2 is 1.49 bits per heavy atom. The van der Waals surface area contributed by atoms with Crippen molar-refractivity contribution in [1.82, 2.24) is 9.80 Å². The van der Waals surface area contributed by atoms with E-state index in [2.05, 4.69) is 9.80 Å². The molecule has 2 aliphatic heterocycles. The first-order valence-corrected chi connectivity index (χ1v) is 15.4. The van der Waals surface area contributed by atoms with E-state index in [-0.39, 0.29) is 12.4 Å². The molecule has 2 heterocycles. The summed E-state index contributed by atoms with van der Waals surface area (Å²) < 4.78 is 89.8. The highest BCUT2D eigenvalue weighted by Crippen LogP contribution is 2.49. The fraction of sp³-hybridized carbons (Fsp3) is 0.387. The van der Waals surface area contributed by atoms with Gasteiger partial charge in [-0.15, -0.1) is 0 Å². The van der Waals surface area contributed by atoms with Crippen LogP contribution in [-0.4, -0.2) is 74.8 Å². The summed E-state index contributed by atoms with van der Waals surface area (Å²) in [6.07, 6.45) is -8.31. The van der Waals surface area contributed by atoms with Crippen molar-refractivity contribution in [1.29, 1.82) is 0 Å². The van der Waals surface area contributed by atoms with Gasteiger partial charge in [0.25, 0.3) is 0 Å². The van der Waals surface area contributed by atoms with E-state index >= 15 is 0 Å². The molecule has 3 aromatic rings. The molecule has 3 aromatic carbocycles. The first-order chi connectivity index (χ1) is 21.4. The van der Waals surface area contributed by atoms with Crippen molar-refractivity contribution in [3.05, 3.63) is 76.8 Å². The average Bonchev–Trinajstić information content (AvgIpc) is 2.99. The third-order valence-corrected chi connectivity index (χ3v) is 9.08. The van der Waals surface area contributed by atoms with Crippen LogP contribution in [0, 0.1) is 0 Å². The zero-order valence-corrected chi connectivity index (χ0v) is 25.5. The Kier molecular flexibility index (Phi) is 10.4. The van der Waals surface area contributed by atoms with Crippen LogP contribution in [0.4, 0.5) is 37.7 Å². The van der Waals surface area contributed by atoms with Crippen molar-refractivity contribution in [2.24, 2.45) is 0 Å². The van der Waals surface area contributed by atoms with E-state index < -0.39 is 41.1 Å². The van der Waals surface area contributed by atoms with Crippen LogP contribution in [0.25, 0.3) is 0 Å². The molecule has 0 aromatic heterocycles. The molecule has 1 fully saturated rings. The Balaban J connectivity index is 1.04. The van der Waals surface area contributed by atoms with Gasteiger partial charge in [0.15, 0.2) is 6.61 Å². The van der Waals surface area contributed by atoms with Crippen LogP contribution in [-0.2, 0) is 21.9 Å². The molecule has 0 radical (unpaired) electrons. The van der Waals surface area contributed by atoms with Gasteiger partial charge < -0.3 is 19.3 Å². The smallest absolute Gasteiger partial charge is 0.417 e. The van der Waals surface area contributed by atoms with Crippen LogP contribution in [0.5, 0.6) is 5.75 Å². The van der Waals surface area contributed by atoms with E-state index in [1.807, 2.05) is 29.2 Å². The quantitative estimate of drug-likeness (QED) is 0.162. The number of alkyl halides is 6. The second-order valence-corrected chi connectivity index (χ2v) is 12.0. The van der Waals surface area contributed by atoms with Gasteiger partial charge in [0, 0.05) is 49.1 Å². The second kappa shape index (κ2) is 14.1. The molecule has 242 valence electrons. The molecule has 0 unspecified atom stereocenters. The van der Waals surface area contributed by atoms with Crippen LogP contribution >= 0.6 is 23.4 Å². The van der Waals surface area contributed by atoms with Crippen LogP contribution < -0.4 is 9.64 Å². The normalized spacial score (nSPS) is 15.8. The number of rotatable bonds is 10. The summed E-state index contributed by atoms with van der Waals surface area (Å²) in [6, 6.07) is 14.8. The molecule has 0 bridgehead atoms. The zero-order valence-electron chi connectivity index (χ0n) is 24.0. The van der Waals surface area contributed by atoms with Gasteiger partial charge in [-0.3, -0.25) is 4.90 Å². The van der Waals surface area contributed by atoms with Gasteiger partial charge in [-0.2, -0.15) is 26.3 Å². The highest BCUT2D eigenvalue weighted by atomic mass is 35.5. The predicted molar refractivity (Wildman–Crippen MR) is 159 cm³/mol. The molecule has 0 amide bonds. The maximum Gasteiger partial charge on any atom is 0.417 e. The van der Waals surface area contributed by atoms with Gasteiger partial charge in [-0.25, -0.2) is 4.79 Å². The number of esters is 1. The van der Waals surface area contributed by atoms with Gasteiger partial charge in [0.2, 0.25) is 0 Å². The lowest BCUT2D eigenvalue weighted by atomic mass is 10.1. The number of hydrogen-bond acceptors (Lipinski definition) is 7.